The second-order valence-corrected chi connectivity index (χ2v) is 6.32. The van der Waals surface area contributed by atoms with Crippen molar-refractivity contribution in [2.75, 3.05) is 0 Å². The average Bonchev–Trinajstić information content (AvgIpc) is 3.39. The number of nitrogens with one attached hydrogen (secondary N) is 2. The lowest BCUT2D eigenvalue weighted by atomic mass is 10.1. The summed E-state index contributed by atoms with van der Waals surface area (Å²) in [5.41, 5.74) is 4.73. The van der Waals surface area contributed by atoms with Gasteiger partial charge in [0, 0.05) is 47.0 Å². The number of nitrogens with zero attached hydrogens (tertiary/aromatic N) is 4. The number of carbonyl (C=O) groups is 1. The van der Waals surface area contributed by atoms with Gasteiger partial charge in [0.15, 0.2) is 0 Å². The van der Waals surface area contributed by atoms with Gasteiger partial charge in [0.2, 0.25) is 5.82 Å². The van der Waals surface area contributed by atoms with Crippen LogP contribution in [0.1, 0.15) is 34.6 Å². The molecule has 0 aliphatic heterocycles. The molecule has 0 unspecified atom stereocenters. The summed E-state index contributed by atoms with van der Waals surface area (Å²) in [6, 6.07) is 7.71. The van der Waals surface area contributed by atoms with E-state index in [1.807, 2.05) is 55.9 Å². The van der Waals surface area contributed by atoms with Crippen molar-refractivity contribution in [2.24, 2.45) is 0 Å². The smallest absolute Gasteiger partial charge is 0.316 e. The standard InChI is InChI=1S/C19H20N6O2/c1-4-25-12(3)15(11(2)23-25)10-21-18(26)19-22-17(24-27-19)14-6-5-7-16-13(14)8-9-20-16/h5-9,20H,4,10H2,1-3H3,(H,21,26). The monoisotopic (exact) mass is 364 g/mol. The van der Waals surface area contributed by atoms with Crippen molar-refractivity contribution in [1.82, 2.24) is 30.2 Å². The van der Waals surface area contributed by atoms with Crippen LogP contribution in [0, 0.1) is 13.8 Å². The highest BCUT2D eigenvalue weighted by atomic mass is 16.5. The first-order chi connectivity index (χ1) is 13.1. The lowest BCUT2D eigenvalue weighted by Gasteiger charge is -2.04. The highest BCUT2D eigenvalue weighted by Gasteiger charge is 2.19. The van der Waals surface area contributed by atoms with Gasteiger partial charge in [0.25, 0.3) is 0 Å². The number of H-pyrrole nitrogens is 1. The molecule has 4 rings (SSSR count). The molecule has 0 fully saturated rings. The highest BCUT2D eigenvalue weighted by molar-refractivity contribution is 5.94. The Morgan fingerprint density at radius 2 is 2.15 bits per heavy atom. The summed E-state index contributed by atoms with van der Waals surface area (Å²) in [6.45, 7) is 7.11. The summed E-state index contributed by atoms with van der Waals surface area (Å²) in [7, 11) is 0. The van der Waals surface area contributed by atoms with Gasteiger partial charge in [0.1, 0.15) is 0 Å². The van der Waals surface area contributed by atoms with Gasteiger partial charge >= 0.3 is 11.8 Å². The lowest BCUT2D eigenvalue weighted by molar-refractivity contribution is 0.0907. The molecular weight excluding hydrogens is 344 g/mol. The van der Waals surface area contributed by atoms with E-state index in [2.05, 4.69) is 25.5 Å². The average molecular weight is 364 g/mol. The molecule has 138 valence electrons. The van der Waals surface area contributed by atoms with Crippen LogP contribution < -0.4 is 5.32 Å². The van der Waals surface area contributed by atoms with Crippen LogP contribution in [-0.2, 0) is 13.1 Å². The van der Waals surface area contributed by atoms with Gasteiger partial charge in [-0.2, -0.15) is 10.1 Å². The number of fused-ring (bicyclic) bond motifs is 1. The Morgan fingerprint density at radius 1 is 1.30 bits per heavy atom. The van der Waals surface area contributed by atoms with Crippen LogP contribution in [0.15, 0.2) is 35.0 Å². The third kappa shape index (κ3) is 2.99. The summed E-state index contributed by atoms with van der Waals surface area (Å²) >= 11 is 0. The molecule has 1 amide bonds. The molecule has 0 aliphatic carbocycles. The number of aryl methyl sites for hydroxylation is 2. The zero-order valence-electron chi connectivity index (χ0n) is 15.4. The Labute approximate surface area is 155 Å². The SMILES string of the molecule is CCn1nc(C)c(CNC(=O)c2nc(-c3cccc4[nH]ccc34)no2)c1C. The largest absolute Gasteiger partial charge is 0.361 e. The summed E-state index contributed by atoms with van der Waals surface area (Å²) in [4.78, 5) is 19.8. The minimum atomic E-state index is -0.405. The van der Waals surface area contributed by atoms with Crippen molar-refractivity contribution >= 4 is 16.8 Å². The number of aromatic nitrogens is 5. The molecule has 0 radical (unpaired) electrons. The zero-order chi connectivity index (χ0) is 19.0. The van der Waals surface area contributed by atoms with Crippen LogP contribution in [0.25, 0.3) is 22.3 Å². The van der Waals surface area contributed by atoms with Crippen molar-refractivity contribution in [3.05, 3.63) is 53.3 Å². The zero-order valence-corrected chi connectivity index (χ0v) is 15.4. The Morgan fingerprint density at radius 3 is 2.93 bits per heavy atom. The first kappa shape index (κ1) is 17.0. The van der Waals surface area contributed by atoms with Crippen LogP contribution in [0.5, 0.6) is 0 Å². The van der Waals surface area contributed by atoms with Gasteiger partial charge < -0.3 is 14.8 Å². The van der Waals surface area contributed by atoms with E-state index in [1.165, 1.54) is 0 Å². The van der Waals surface area contributed by atoms with Crippen LogP contribution in [0.3, 0.4) is 0 Å². The number of carbonyl (C=O) groups excluding carboxylic acids is 1. The maximum atomic E-state index is 12.4. The first-order valence-corrected chi connectivity index (χ1v) is 8.79. The fourth-order valence-corrected chi connectivity index (χ4v) is 3.25. The second kappa shape index (κ2) is 6.71. The van der Waals surface area contributed by atoms with Gasteiger partial charge in [-0.1, -0.05) is 17.3 Å². The van der Waals surface area contributed by atoms with Crippen molar-refractivity contribution < 1.29 is 9.32 Å². The number of hydrogen-bond acceptors (Lipinski definition) is 5. The molecule has 3 heterocycles. The van der Waals surface area contributed by atoms with Gasteiger partial charge in [-0.15, -0.1) is 0 Å². The minimum absolute atomic E-state index is 0.0595. The highest BCUT2D eigenvalue weighted by Crippen LogP contribution is 2.25. The van der Waals surface area contributed by atoms with E-state index < -0.39 is 5.91 Å². The number of rotatable bonds is 5. The van der Waals surface area contributed by atoms with E-state index >= 15 is 0 Å². The molecule has 0 aliphatic rings. The number of hydrogen-bond donors (Lipinski definition) is 2. The predicted molar refractivity (Wildman–Crippen MR) is 100 cm³/mol. The van der Waals surface area contributed by atoms with Gasteiger partial charge in [0.05, 0.1) is 5.69 Å². The third-order valence-electron chi connectivity index (χ3n) is 4.71. The molecule has 4 aromatic rings. The maximum Gasteiger partial charge on any atom is 0.316 e. The molecule has 0 spiro atoms. The lowest BCUT2D eigenvalue weighted by Crippen LogP contribution is -2.23. The summed E-state index contributed by atoms with van der Waals surface area (Å²) in [5.74, 6) is -0.0784. The van der Waals surface area contributed by atoms with Gasteiger partial charge in [-0.05, 0) is 32.9 Å². The third-order valence-corrected chi connectivity index (χ3v) is 4.71. The second-order valence-electron chi connectivity index (χ2n) is 6.32. The van der Waals surface area contributed by atoms with E-state index in [4.69, 9.17) is 4.52 Å². The number of amides is 1. The van der Waals surface area contributed by atoms with Crippen LogP contribution in [0.4, 0.5) is 0 Å². The predicted octanol–water partition coefficient (Wildman–Crippen LogP) is 2.98. The van der Waals surface area contributed by atoms with Crippen molar-refractivity contribution in [3.8, 4) is 11.4 Å². The summed E-state index contributed by atoms with van der Waals surface area (Å²) in [5, 5.41) is 12.2. The minimum Gasteiger partial charge on any atom is -0.361 e. The van der Waals surface area contributed by atoms with E-state index in [0.29, 0.717) is 12.4 Å². The number of benzene rings is 1. The molecule has 0 saturated carbocycles. The molecule has 0 atom stereocenters. The van der Waals surface area contributed by atoms with Crippen molar-refractivity contribution in [1.29, 1.82) is 0 Å². The summed E-state index contributed by atoms with van der Waals surface area (Å²) in [6.07, 6.45) is 1.85. The molecular formula is C19H20N6O2. The van der Waals surface area contributed by atoms with Crippen LogP contribution in [0.2, 0.25) is 0 Å². The van der Waals surface area contributed by atoms with E-state index in [0.717, 1.165) is 40.0 Å². The van der Waals surface area contributed by atoms with Gasteiger partial charge in [-0.3, -0.25) is 9.48 Å². The Hall–Kier alpha value is -3.42. The normalized spacial score (nSPS) is 11.2. The molecule has 1 aromatic carbocycles. The molecule has 3 aromatic heterocycles. The van der Waals surface area contributed by atoms with E-state index in [9.17, 15) is 4.79 Å². The van der Waals surface area contributed by atoms with Crippen LogP contribution in [-0.4, -0.2) is 30.8 Å². The molecule has 27 heavy (non-hydrogen) atoms. The fourth-order valence-electron chi connectivity index (χ4n) is 3.25. The molecule has 0 bridgehead atoms. The summed E-state index contributed by atoms with van der Waals surface area (Å²) < 4.78 is 7.09. The number of aromatic amines is 1. The van der Waals surface area contributed by atoms with E-state index in [-0.39, 0.29) is 5.89 Å². The van der Waals surface area contributed by atoms with Gasteiger partial charge in [-0.25, -0.2) is 0 Å². The topological polar surface area (TPSA) is 102 Å². The van der Waals surface area contributed by atoms with Crippen LogP contribution >= 0.6 is 0 Å². The quantitative estimate of drug-likeness (QED) is 0.567. The van der Waals surface area contributed by atoms with Crippen molar-refractivity contribution in [2.45, 2.75) is 33.9 Å². The molecule has 0 saturated heterocycles. The molecule has 2 N–H and O–H groups in total. The Bertz CT molecular complexity index is 1120. The Balaban J connectivity index is 1.53. The maximum absolute atomic E-state index is 12.4. The Kier molecular flexibility index (Phi) is 4.23. The van der Waals surface area contributed by atoms with E-state index in [1.54, 1.807) is 0 Å². The molecule has 8 nitrogen and oxygen atoms in total. The fraction of sp³-hybridized carbons (Fsp3) is 0.263. The molecule has 8 heteroatoms. The van der Waals surface area contributed by atoms with Crippen molar-refractivity contribution in [3.63, 3.8) is 0 Å². The first-order valence-electron chi connectivity index (χ1n) is 8.79.